The minimum absolute atomic E-state index is 0.105. The fraction of sp³-hybridized carbons (Fsp3) is 0.450. The van der Waals surface area contributed by atoms with Gasteiger partial charge in [-0.1, -0.05) is 30.7 Å². The van der Waals surface area contributed by atoms with Crippen LogP contribution >= 0.6 is 11.6 Å². The molecule has 156 valence electrons. The van der Waals surface area contributed by atoms with Crippen molar-refractivity contribution in [3.8, 4) is 6.01 Å². The van der Waals surface area contributed by atoms with Crippen molar-refractivity contribution in [3.05, 3.63) is 55.7 Å². The van der Waals surface area contributed by atoms with Crippen LogP contribution < -0.4 is 16.0 Å². The second kappa shape index (κ2) is 9.28. The van der Waals surface area contributed by atoms with Gasteiger partial charge in [0.1, 0.15) is 0 Å². The van der Waals surface area contributed by atoms with E-state index >= 15 is 0 Å². The number of hydrogen-bond acceptors (Lipinski definition) is 5. The van der Waals surface area contributed by atoms with Gasteiger partial charge in [-0.3, -0.25) is 18.5 Å². The molecule has 2 heterocycles. The van der Waals surface area contributed by atoms with E-state index in [1.54, 1.807) is 16.7 Å². The predicted molar refractivity (Wildman–Crippen MR) is 112 cm³/mol. The van der Waals surface area contributed by atoms with Gasteiger partial charge in [0.05, 0.1) is 13.2 Å². The molecular weight excluding hydrogens is 396 g/mol. The number of rotatable bonds is 9. The molecule has 8 nitrogen and oxygen atoms in total. The van der Waals surface area contributed by atoms with Crippen molar-refractivity contribution in [2.45, 2.75) is 46.3 Å². The fourth-order valence-corrected chi connectivity index (χ4v) is 3.41. The standard InChI is InChI=1S/C20H25ClN4O4/c1-3-10-23-17-16(18(27)24(20(23)28)11-5-12-26)25(19(22-17)29-4-2)13-14-6-8-15(21)9-7-14/h6-9,26H,3-5,10-13H2,1-2H3. The van der Waals surface area contributed by atoms with Crippen LogP contribution in [0.5, 0.6) is 6.01 Å². The maximum Gasteiger partial charge on any atom is 0.332 e. The van der Waals surface area contributed by atoms with Gasteiger partial charge in [-0.25, -0.2) is 4.79 Å². The summed E-state index contributed by atoms with van der Waals surface area (Å²) >= 11 is 5.98. The molecule has 0 amide bonds. The minimum atomic E-state index is -0.432. The lowest BCUT2D eigenvalue weighted by molar-refractivity contribution is 0.277. The van der Waals surface area contributed by atoms with Gasteiger partial charge < -0.3 is 9.84 Å². The Labute approximate surface area is 172 Å². The first-order valence-corrected chi connectivity index (χ1v) is 10.1. The Kier molecular flexibility index (Phi) is 6.76. The Morgan fingerprint density at radius 3 is 2.41 bits per heavy atom. The summed E-state index contributed by atoms with van der Waals surface area (Å²) in [5.74, 6) is 0. The quantitative estimate of drug-likeness (QED) is 0.573. The van der Waals surface area contributed by atoms with Gasteiger partial charge in [0.2, 0.25) is 0 Å². The zero-order valence-electron chi connectivity index (χ0n) is 16.6. The third-order valence-corrected chi connectivity index (χ3v) is 4.85. The second-order valence-electron chi connectivity index (χ2n) is 6.68. The highest BCUT2D eigenvalue weighted by molar-refractivity contribution is 6.30. The molecule has 0 aliphatic heterocycles. The molecule has 0 radical (unpaired) electrons. The van der Waals surface area contributed by atoms with Gasteiger partial charge in [-0.15, -0.1) is 0 Å². The number of nitrogens with zero attached hydrogens (tertiary/aromatic N) is 4. The number of aliphatic hydroxyl groups is 1. The topological polar surface area (TPSA) is 91.3 Å². The number of imidazole rings is 1. The number of ether oxygens (including phenoxy) is 1. The van der Waals surface area contributed by atoms with Crippen LogP contribution in [-0.4, -0.2) is 37.0 Å². The molecule has 9 heteroatoms. The van der Waals surface area contributed by atoms with Crippen LogP contribution in [0.4, 0.5) is 0 Å². The Hall–Kier alpha value is -2.58. The molecule has 3 rings (SSSR count). The molecule has 3 aromatic rings. The first-order chi connectivity index (χ1) is 14.0. The normalized spacial score (nSPS) is 11.3. The van der Waals surface area contributed by atoms with E-state index in [2.05, 4.69) is 4.98 Å². The highest BCUT2D eigenvalue weighted by Crippen LogP contribution is 2.21. The molecule has 0 spiro atoms. The van der Waals surface area contributed by atoms with E-state index in [0.717, 1.165) is 5.56 Å². The summed E-state index contributed by atoms with van der Waals surface area (Å²) in [6.45, 7) is 4.98. The summed E-state index contributed by atoms with van der Waals surface area (Å²) in [5, 5.41) is 9.79. The van der Waals surface area contributed by atoms with Crippen molar-refractivity contribution >= 4 is 22.8 Å². The third kappa shape index (κ3) is 4.23. The molecule has 0 aliphatic carbocycles. The summed E-state index contributed by atoms with van der Waals surface area (Å²) in [5.41, 5.74) is 0.702. The molecule has 2 aromatic heterocycles. The first-order valence-electron chi connectivity index (χ1n) is 9.73. The summed E-state index contributed by atoms with van der Waals surface area (Å²) in [7, 11) is 0. The van der Waals surface area contributed by atoms with Crippen LogP contribution in [0.25, 0.3) is 11.2 Å². The molecule has 1 N–H and O–H groups in total. The minimum Gasteiger partial charge on any atom is -0.465 e. The van der Waals surface area contributed by atoms with Crippen molar-refractivity contribution in [2.75, 3.05) is 13.2 Å². The Bertz CT molecular complexity index is 1100. The van der Waals surface area contributed by atoms with Gasteiger partial charge >= 0.3 is 5.69 Å². The van der Waals surface area contributed by atoms with Gasteiger partial charge in [-0.05, 0) is 37.5 Å². The van der Waals surface area contributed by atoms with Crippen molar-refractivity contribution in [1.29, 1.82) is 0 Å². The molecule has 0 bridgehead atoms. The Morgan fingerprint density at radius 1 is 1.07 bits per heavy atom. The van der Waals surface area contributed by atoms with E-state index in [0.29, 0.717) is 54.7 Å². The van der Waals surface area contributed by atoms with Crippen LogP contribution in [0, 0.1) is 0 Å². The fourth-order valence-electron chi connectivity index (χ4n) is 3.28. The van der Waals surface area contributed by atoms with Crippen LogP contribution in [0.3, 0.4) is 0 Å². The highest BCUT2D eigenvalue weighted by Gasteiger charge is 2.22. The van der Waals surface area contributed by atoms with E-state index in [-0.39, 0.29) is 13.2 Å². The molecular formula is C20H25ClN4O4. The number of halogens is 1. The predicted octanol–water partition coefficient (Wildman–Crippen LogP) is 2.25. The lowest BCUT2D eigenvalue weighted by Gasteiger charge is -2.12. The number of fused-ring (bicyclic) bond motifs is 1. The monoisotopic (exact) mass is 420 g/mol. The van der Waals surface area contributed by atoms with E-state index < -0.39 is 11.2 Å². The second-order valence-corrected chi connectivity index (χ2v) is 7.12. The maximum absolute atomic E-state index is 13.2. The smallest absolute Gasteiger partial charge is 0.332 e. The van der Waals surface area contributed by atoms with Gasteiger partial charge in [-0.2, -0.15) is 4.98 Å². The summed E-state index contributed by atoms with van der Waals surface area (Å²) in [4.78, 5) is 30.6. The summed E-state index contributed by atoms with van der Waals surface area (Å²) < 4.78 is 10.1. The van der Waals surface area contributed by atoms with E-state index in [4.69, 9.17) is 21.4 Å². The van der Waals surface area contributed by atoms with E-state index in [9.17, 15) is 9.59 Å². The zero-order valence-corrected chi connectivity index (χ0v) is 17.4. The summed E-state index contributed by atoms with van der Waals surface area (Å²) in [6, 6.07) is 7.59. The largest absolute Gasteiger partial charge is 0.465 e. The molecule has 0 aliphatic rings. The molecule has 0 saturated heterocycles. The summed E-state index contributed by atoms with van der Waals surface area (Å²) in [6.07, 6.45) is 1.03. The van der Waals surface area contributed by atoms with Crippen LogP contribution in [0.15, 0.2) is 33.9 Å². The van der Waals surface area contributed by atoms with Crippen LogP contribution in [0.2, 0.25) is 5.02 Å². The zero-order chi connectivity index (χ0) is 21.0. The number of aromatic nitrogens is 4. The molecule has 0 unspecified atom stereocenters. The number of benzene rings is 1. The highest BCUT2D eigenvalue weighted by atomic mass is 35.5. The lowest BCUT2D eigenvalue weighted by Crippen LogP contribution is -2.41. The molecule has 0 fully saturated rings. The number of aryl methyl sites for hydroxylation is 1. The van der Waals surface area contributed by atoms with Gasteiger partial charge in [0, 0.05) is 24.7 Å². The average molecular weight is 421 g/mol. The SMILES string of the molecule is CCCn1c(=O)n(CCCO)c(=O)c2c1nc(OCC)n2Cc1ccc(Cl)cc1. The Balaban J connectivity index is 2.28. The lowest BCUT2D eigenvalue weighted by atomic mass is 10.2. The van der Waals surface area contributed by atoms with Gasteiger partial charge in [0.15, 0.2) is 11.2 Å². The average Bonchev–Trinajstić information content (AvgIpc) is 3.05. The maximum atomic E-state index is 13.2. The van der Waals surface area contributed by atoms with E-state index in [1.165, 1.54) is 9.13 Å². The number of hydrogen-bond donors (Lipinski definition) is 1. The number of aliphatic hydroxyl groups excluding tert-OH is 1. The first kappa shape index (κ1) is 21.1. The van der Waals surface area contributed by atoms with Crippen LogP contribution in [0.1, 0.15) is 32.3 Å². The third-order valence-electron chi connectivity index (χ3n) is 4.59. The molecule has 0 atom stereocenters. The van der Waals surface area contributed by atoms with Crippen molar-refractivity contribution in [2.24, 2.45) is 0 Å². The van der Waals surface area contributed by atoms with Crippen LogP contribution in [-0.2, 0) is 19.6 Å². The van der Waals surface area contributed by atoms with Crippen molar-refractivity contribution in [3.63, 3.8) is 0 Å². The molecule has 0 saturated carbocycles. The van der Waals surface area contributed by atoms with E-state index in [1.807, 2.05) is 26.0 Å². The van der Waals surface area contributed by atoms with Gasteiger partial charge in [0.25, 0.3) is 11.6 Å². The van der Waals surface area contributed by atoms with Crippen molar-refractivity contribution < 1.29 is 9.84 Å². The Morgan fingerprint density at radius 2 is 1.79 bits per heavy atom. The molecule has 29 heavy (non-hydrogen) atoms. The molecule has 1 aromatic carbocycles. The van der Waals surface area contributed by atoms with Crippen molar-refractivity contribution in [1.82, 2.24) is 18.7 Å².